The van der Waals surface area contributed by atoms with Crippen molar-refractivity contribution in [3.05, 3.63) is 105 Å². The first-order chi connectivity index (χ1) is 17.1. The van der Waals surface area contributed by atoms with Gasteiger partial charge in [0.25, 0.3) is 5.56 Å². The number of carbonyl (C=O) groups is 1. The smallest absolute Gasteiger partial charge is 0.407 e. The van der Waals surface area contributed by atoms with Gasteiger partial charge < -0.3 is 14.9 Å². The van der Waals surface area contributed by atoms with E-state index in [0.717, 1.165) is 11.1 Å². The molecule has 4 aromatic rings. The van der Waals surface area contributed by atoms with Crippen LogP contribution in [0.1, 0.15) is 28.1 Å². The van der Waals surface area contributed by atoms with Crippen LogP contribution in [0.25, 0.3) is 16.6 Å². The Hall–Kier alpha value is -4.97. The predicted octanol–water partition coefficient (Wildman–Crippen LogP) is 3.40. The molecule has 1 aliphatic heterocycles. The molecule has 0 saturated heterocycles. The summed E-state index contributed by atoms with van der Waals surface area (Å²) in [6, 6.07) is 21.7. The van der Waals surface area contributed by atoms with Gasteiger partial charge in [-0.3, -0.25) is 9.36 Å². The number of nitrogens with zero attached hydrogens (tertiary/aromatic N) is 4. The van der Waals surface area contributed by atoms with E-state index in [9.17, 15) is 14.9 Å². The van der Waals surface area contributed by atoms with E-state index in [-0.39, 0.29) is 18.7 Å². The molecule has 0 spiro atoms. The van der Waals surface area contributed by atoms with E-state index in [1.54, 1.807) is 36.4 Å². The summed E-state index contributed by atoms with van der Waals surface area (Å²) in [4.78, 5) is 35.1. The topological polar surface area (TPSA) is 119 Å². The molecule has 0 bridgehead atoms. The molecule has 172 valence electrons. The number of hydrogen-bond acceptors (Lipinski definition) is 7. The van der Waals surface area contributed by atoms with E-state index in [1.807, 2.05) is 30.3 Å². The molecule has 1 N–H and O–H groups in total. The van der Waals surface area contributed by atoms with Gasteiger partial charge in [-0.1, -0.05) is 41.6 Å². The Morgan fingerprint density at radius 2 is 1.94 bits per heavy atom. The summed E-state index contributed by atoms with van der Waals surface area (Å²) in [5, 5.41) is 16.5. The third-order valence-corrected chi connectivity index (χ3v) is 5.60. The van der Waals surface area contributed by atoms with Crippen molar-refractivity contribution >= 4 is 22.7 Å². The molecule has 0 unspecified atom stereocenters. The van der Waals surface area contributed by atoms with E-state index >= 15 is 0 Å². The predicted molar refractivity (Wildman–Crippen MR) is 128 cm³/mol. The Labute approximate surface area is 199 Å². The van der Waals surface area contributed by atoms with Crippen LogP contribution in [0.3, 0.4) is 0 Å². The monoisotopic (exact) mass is 465 g/mol. The summed E-state index contributed by atoms with van der Waals surface area (Å²) in [6.07, 6.45) is -0.547. The van der Waals surface area contributed by atoms with E-state index in [0.29, 0.717) is 39.3 Å². The second kappa shape index (κ2) is 9.11. The van der Waals surface area contributed by atoms with Gasteiger partial charge in [-0.25, -0.2) is 9.78 Å². The molecule has 0 fully saturated rings. The Balaban J connectivity index is 1.42. The zero-order valence-electron chi connectivity index (χ0n) is 18.7. The van der Waals surface area contributed by atoms with Crippen molar-refractivity contribution < 1.29 is 14.4 Å². The SMILES string of the molecule is CO/N=C1\c2cc(C#N)ccc2-n2c1nc1cc(CNC(=O)OCc3ccccc3)ccc1c2=O. The number of amides is 1. The Kier molecular flexibility index (Phi) is 5.69. The number of alkyl carbamates (subject to hydrolysis) is 1. The van der Waals surface area contributed by atoms with Crippen LogP contribution >= 0.6 is 0 Å². The Morgan fingerprint density at radius 3 is 2.71 bits per heavy atom. The van der Waals surface area contributed by atoms with Gasteiger partial charge >= 0.3 is 6.09 Å². The maximum Gasteiger partial charge on any atom is 0.407 e. The number of benzene rings is 3. The maximum absolute atomic E-state index is 13.4. The summed E-state index contributed by atoms with van der Waals surface area (Å²) < 4.78 is 6.71. The minimum Gasteiger partial charge on any atom is -0.445 e. The van der Waals surface area contributed by atoms with Crippen LogP contribution in [0.4, 0.5) is 4.79 Å². The zero-order chi connectivity index (χ0) is 24.4. The third-order valence-electron chi connectivity index (χ3n) is 5.60. The lowest BCUT2D eigenvalue weighted by atomic mass is 10.1. The van der Waals surface area contributed by atoms with Crippen molar-refractivity contribution in [3.8, 4) is 11.8 Å². The second-order valence-electron chi connectivity index (χ2n) is 7.81. The van der Waals surface area contributed by atoms with Crippen LogP contribution < -0.4 is 10.9 Å². The molecule has 0 radical (unpaired) electrons. The minimum absolute atomic E-state index is 0.171. The fourth-order valence-electron chi connectivity index (χ4n) is 3.96. The Bertz CT molecular complexity index is 1590. The van der Waals surface area contributed by atoms with E-state index in [4.69, 9.17) is 9.57 Å². The molecule has 0 atom stereocenters. The van der Waals surface area contributed by atoms with Gasteiger partial charge in [-0.15, -0.1) is 0 Å². The average molecular weight is 465 g/mol. The molecule has 5 rings (SSSR count). The lowest BCUT2D eigenvalue weighted by Crippen LogP contribution is -2.24. The number of fused-ring (bicyclic) bond motifs is 4. The molecule has 0 aliphatic carbocycles. The average Bonchev–Trinajstić information content (AvgIpc) is 3.19. The Morgan fingerprint density at radius 1 is 1.11 bits per heavy atom. The number of nitrogens with one attached hydrogen (secondary N) is 1. The van der Waals surface area contributed by atoms with Crippen LogP contribution in [0.5, 0.6) is 0 Å². The van der Waals surface area contributed by atoms with Crippen LogP contribution in [-0.2, 0) is 22.7 Å². The van der Waals surface area contributed by atoms with Gasteiger partial charge in [0, 0.05) is 12.1 Å². The van der Waals surface area contributed by atoms with Gasteiger partial charge in [0.2, 0.25) is 0 Å². The normalized spacial score (nSPS) is 12.6. The maximum atomic E-state index is 13.4. The van der Waals surface area contributed by atoms with E-state index in [2.05, 4.69) is 21.5 Å². The number of ether oxygens (including phenoxy) is 1. The van der Waals surface area contributed by atoms with Gasteiger partial charge in [-0.2, -0.15) is 5.26 Å². The molecule has 1 aliphatic rings. The quantitative estimate of drug-likeness (QED) is 0.398. The fraction of sp³-hybridized carbons (Fsp3) is 0.115. The van der Waals surface area contributed by atoms with Crippen LogP contribution in [0.2, 0.25) is 0 Å². The largest absolute Gasteiger partial charge is 0.445 e. The van der Waals surface area contributed by atoms with E-state index < -0.39 is 6.09 Å². The van der Waals surface area contributed by atoms with Crippen molar-refractivity contribution in [2.45, 2.75) is 13.2 Å². The molecule has 2 heterocycles. The molecule has 9 heteroatoms. The highest BCUT2D eigenvalue weighted by Crippen LogP contribution is 2.28. The molecule has 0 saturated carbocycles. The number of oxime groups is 1. The highest BCUT2D eigenvalue weighted by molar-refractivity contribution is 6.16. The van der Waals surface area contributed by atoms with Crippen molar-refractivity contribution in [2.75, 3.05) is 7.11 Å². The van der Waals surface area contributed by atoms with Crippen molar-refractivity contribution in [3.63, 3.8) is 0 Å². The summed E-state index contributed by atoms with van der Waals surface area (Å²) in [5.41, 5.74) is 3.81. The second-order valence-corrected chi connectivity index (χ2v) is 7.81. The summed E-state index contributed by atoms with van der Waals surface area (Å²) in [6.45, 7) is 0.374. The standard InChI is InChI=1S/C26H19N5O4/c1-34-30-23-20-11-17(13-27)8-10-22(20)31-24(23)29-21-12-18(7-9-19(21)25(31)32)14-28-26(33)35-15-16-5-3-2-4-6-16/h2-12H,14-15H2,1H3,(H,28,33)/b30-23+. The first kappa shape index (κ1) is 21.9. The van der Waals surface area contributed by atoms with Gasteiger partial charge in [-0.05, 0) is 41.5 Å². The number of rotatable bonds is 5. The van der Waals surface area contributed by atoms with Crippen molar-refractivity contribution in [1.29, 1.82) is 5.26 Å². The molecule has 1 aromatic heterocycles. The van der Waals surface area contributed by atoms with Crippen molar-refractivity contribution in [2.24, 2.45) is 5.16 Å². The highest BCUT2D eigenvalue weighted by atomic mass is 16.6. The number of hydrogen-bond donors (Lipinski definition) is 1. The van der Waals surface area contributed by atoms with Gasteiger partial charge in [0.05, 0.1) is 28.2 Å². The number of aromatic nitrogens is 2. The van der Waals surface area contributed by atoms with Crippen LogP contribution in [0.15, 0.2) is 76.7 Å². The molecule has 9 nitrogen and oxygen atoms in total. The van der Waals surface area contributed by atoms with E-state index in [1.165, 1.54) is 11.7 Å². The molecule has 3 aromatic carbocycles. The first-order valence-corrected chi connectivity index (χ1v) is 10.8. The summed E-state index contributed by atoms with van der Waals surface area (Å²) in [5.74, 6) is 0.321. The molecular formula is C26H19N5O4. The minimum atomic E-state index is -0.547. The van der Waals surface area contributed by atoms with Gasteiger partial charge in [0.1, 0.15) is 13.7 Å². The number of nitriles is 1. The number of carbonyl (C=O) groups excluding carboxylic acids is 1. The van der Waals surface area contributed by atoms with Crippen LogP contribution in [-0.4, -0.2) is 28.5 Å². The summed E-state index contributed by atoms with van der Waals surface area (Å²) >= 11 is 0. The fourth-order valence-corrected chi connectivity index (χ4v) is 3.96. The van der Waals surface area contributed by atoms with Crippen molar-refractivity contribution in [1.82, 2.24) is 14.9 Å². The lowest BCUT2D eigenvalue weighted by molar-refractivity contribution is 0.139. The third kappa shape index (κ3) is 4.09. The van der Waals surface area contributed by atoms with Gasteiger partial charge in [0.15, 0.2) is 11.5 Å². The summed E-state index contributed by atoms with van der Waals surface area (Å²) in [7, 11) is 1.41. The van der Waals surface area contributed by atoms with Crippen LogP contribution in [0, 0.1) is 11.3 Å². The first-order valence-electron chi connectivity index (χ1n) is 10.8. The highest BCUT2D eigenvalue weighted by Gasteiger charge is 2.29. The molecule has 35 heavy (non-hydrogen) atoms. The zero-order valence-corrected chi connectivity index (χ0v) is 18.7. The molecular weight excluding hydrogens is 446 g/mol. The lowest BCUT2D eigenvalue weighted by Gasteiger charge is -2.09. The molecule has 1 amide bonds.